The molecule has 0 aliphatic rings. The summed E-state index contributed by atoms with van der Waals surface area (Å²) in [5.41, 5.74) is 0. The van der Waals surface area contributed by atoms with E-state index in [1.165, 1.54) is 11.8 Å². The van der Waals surface area contributed by atoms with Crippen LogP contribution in [0.25, 0.3) is 0 Å². The molecule has 0 aliphatic carbocycles. The van der Waals surface area contributed by atoms with E-state index in [1.54, 1.807) is 6.20 Å². The van der Waals surface area contributed by atoms with Gasteiger partial charge in [0.2, 0.25) is 0 Å². The molecule has 0 N–H and O–H groups in total. The Labute approximate surface area is 100 Å². The van der Waals surface area contributed by atoms with Crippen molar-refractivity contribution in [2.45, 2.75) is 37.1 Å². The van der Waals surface area contributed by atoms with E-state index in [-0.39, 0.29) is 11.2 Å². The van der Waals surface area contributed by atoms with Gasteiger partial charge < -0.3 is 9.30 Å². The lowest BCUT2D eigenvalue weighted by atomic mass is 10.4. The van der Waals surface area contributed by atoms with Gasteiger partial charge in [0.1, 0.15) is 5.25 Å². The Morgan fingerprint density at radius 3 is 3.00 bits per heavy atom. The van der Waals surface area contributed by atoms with Crippen molar-refractivity contribution in [2.75, 3.05) is 6.61 Å². The molecule has 0 radical (unpaired) electrons. The number of unbranched alkanes of at least 4 members (excludes halogenated alkanes) is 1. The van der Waals surface area contributed by atoms with Crippen LogP contribution in [0.2, 0.25) is 0 Å². The second-order valence-electron chi connectivity index (χ2n) is 3.60. The number of nitrogens with zero attached hydrogens (tertiary/aromatic N) is 2. The van der Waals surface area contributed by atoms with E-state index in [4.69, 9.17) is 4.74 Å². The topological polar surface area (TPSA) is 44.1 Å². The van der Waals surface area contributed by atoms with Crippen molar-refractivity contribution in [3.63, 3.8) is 0 Å². The van der Waals surface area contributed by atoms with Crippen molar-refractivity contribution in [1.29, 1.82) is 0 Å². The molecular formula is C11H18N2O2S. The van der Waals surface area contributed by atoms with Gasteiger partial charge in [0.25, 0.3) is 0 Å². The monoisotopic (exact) mass is 242 g/mol. The highest BCUT2D eigenvalue weighted by atomic mass is 32.2. The molecule has 90 valence electrons. The Kier molecular flexibility index (Phi) is 5.38. The summed E-state index contributed by atoms with van der Waals surface area (Å²) in [4.78, 5) is 15.7. The van der Waals surface area contributed by atoms with Crippen LogP contribution in [0.1, 0.15) is 26.7 Å². The van der Waals surface area contributed by atoms with Gasteiger partial charge in [-0.05, 0) is 13.3 Å². The summed E-state index contributed by atoms with van der Waals surface area (Å²) < 4.78 is 7.03. The Hall–Kier alpha value is -0.970. The molecule has 0 saturated heterocycles. The van der Waals surface area contributed by atoms with E-state index < -0.39 is 0 Å². The zero-order valence-corrected chi connectivity index (χ0v) is 10.8. The van der Waals surface area contributed by atoms with E-state index in [0.29, 0.717) is 6.61 Å². The lowest BCUT2D eigenvalue weighted by Crippen LogP contribution is -2.18. The third kappa shape index (κ3) is 3.89. The highest BCUT2D eigenvalue weighted by Gasteiger charge is 2.17. The molecule has 4 nitrogen and oxygen atoms in total. The van der Waals surface area contributed by atoms with E-state index in [1.807, 2.05) is 24.7 Å². The summed E-state index contributed by atoms with van der Waals surface area (Å²) in [5, 5.41) is 0.623. The van der Waals surface area contributed by atoms with Gasteiger partial charge in [0.15, 0.2) is 5.16 Å². The van der Waals surface area contributed by atoms with E-state index in [0.717, 1.165) is 18.0 Å². The summed E-state index contributed by atoms with van der Waals surface area (Å²) in [5.74, 6) is -0.165. The van der Waals surface area contributed by atoms with Gasteiger partial charge in [-0.25, -0.2) is 4.98 Å². The van der Waals surface area contributed by atoms with Crippen molar-refractivity contribution >= 4 is 17.7 Å². The van der Waals surface area contributed by atoms with Gasteiger partial charge in [-0.15, -0.1) is 0 Å². The van der Waals surface area contributed by atoms with Crippen molar-refractivity contribution in [2.24, 2.45) is 7.05 Å². The molecule has 1 atom stereocenters. The maximum atomic E-state index is 11.6. The third-order valence-electron chi connectivity index (χ3n) is 2.13. The molecule has 0 unspecified atom stereocenters. The predicted molar refractivity (Wildman–Crippen MR) is 64.4 cm³/mol. The maximum Gasteiger partial charge on any atom is 0.319 e. The van der Waals surface area contributed by atoms with Gasteiger partial charge in [-0.3, -0.25) is 4.79 Å². The highest BCUT2D eigenvalue weighted by molar-refractivity contribution is 8.00. The summed E-state index contributed by atoms with van der Waals surface area (Å²) in [6.07, 6.45) is 5.54. The number of hydrogen-bond donors (Lipinski definition) is 0. The minimum Gasteiger partial charge on any atom is -0.465 e. The molecule has 1 aromatic heterocycles. The molecule has 5 heteroatoms. The van der Waals surface area contributed by atoms with Crippen LogP contribution < -0.4 is 0 Å². The first kappa shape index (κ1) is 13.1. The molecule has 0 fully saturated rings. The van der Waals surface area contributed by atoms with Crippen LogP contribution in [0, 0.1) is 0 Å². The number of thioether (sulfide) groups is 1. The average molecular weight is 242 g/mol. The fraction of sp³-hybridized carbons (Fsp3) is 0.636. The van der Waals surface area contributed by atoms with Crippen LogP contribution in [0.4, 0.5) is 0 Å². The van der Waals surface area contributed by atoms with Gasteiger partial charge >= 0.3 is 5.97 Å². The normalized spacial score (nSPS) is 12.4. The van der Waals surface area contributed by atoms with Crippen LogP contribution >= 0.6 is 11.8 Å². The van der Waals surface area contributed by atoms with E-state index in [2.05, 4.69) is 11.9 Å². The molecule has 0 amide bonds. The van der Waals surface area contributed by atoms with Crippen LogP contribution in [0.5, 0.6) is 0 Å². The molecule has 1 rings (SSSR count). The van der Waals surface area contributed by atoms with Crippen LogP contribution in [0.15, 0.2) is 17.6 Å². The zero-order valence-electron chi connectivity index (χ0n) is 9.97. The summed E-state index contributed by atoms with van der Waals surface area (Å²) in [7, 11) is 1.91. The van der Waals surface area contributed by atoms with Crippen molar-refractivity contribution < 1.29 is 9.53 Å². The second-order valence-corrected chi connectivity index (χ2v) is 4.91. The molecule has 0 aromatic carbocycles. The minimum absolute atomic E-state index is 0.165. The lowest BCUT2D eigenvalue weighted by Gasteiger charge is -2.10. The Balaban J connectivity index is 2.37. The number of esters is 1. The van der Waals surface area contributed by atoms with Gasteiger partial charge in [-0.1, -0.05) is 25.1 Å². The summed E-state index contributed by atoms with van der Waals surface area (Å²) in [6.45, 7) is 4.42. The third-order valence-corrected chi connectivity index (χ3v) is 3.28. The number of carbonyl (C=O) groups excluding carboxylic acids is 1. The number of aryl methyl sites for hydroxylation is 1. The van der Waals surface area contributed by atoms with Gasteiger partial charge in [0.05, 0.1) is 6.61 Å². The molecule has 0 aliphatic heterocycles. The smallest absolute Gasteiger partial charge is 0.319 e. The lowest BCUT2D eigenvalue weighted by molar-refractivity contribution is -0.142. The van der Waals surface area contributed by atoms with Crippen LogP contribution in [0.3, 0.4) is 0 Å². The second kappa shape index (κ2) is 6.58. The first-order valence-electron chi connectivity index (χ1n) is 5.45. The highest BCUT2D eigenvalue weighted by Crippen LogP contribution is 2.21. The summed E-state index contributed by atoms with van der Waals surface area (Å²) >= 11 is 1.42. The standard InChI is InChI=1S/C11H18N2O2S/c1-4-5-8-15-10(14)9(2)16-11-12-6-7-13(11)3/h6-7,9H,4-5,8H2,1-3H3/t9-/m0/s1. The fourth-order valence-corrected chi connectivity index (χ4v) is 1.94. The van der Waals surface area contributed by atoms with Crippen molar-refractivity contribution in [1.82, 2.24) is 9.55 Å². The summed E-state index contributed by atoms with van der Waals surface area (Å²) in [6, 6.07) is 0. The maximum absolute atomic E-state index is 11.6. The first-order valence-corrected chi connectivity index (χ1v) is 6.33. The molecule has 0 bridgehead atoms. The number of ether oxygens (including phenoxy) is 1. The fourth-order valence-electron chi connectivity index (χ4n) is 1.11. The van der Waals surface area contributed by atoms with Crippen molar-refractivity contribution in [3.05, 3.63) is 12.4 Å². The number of aromatic nitrogens is 2. The molecule has 1 heterocycles. The molecule has 16 heavy (non-hydrogen) atoms. The van der Waals surface area contributed by atoms with E-state index in [9.17, 15) is 4.79 Å². The quantitative estimate of drug-likeness (QED) is 0.436. The van der Waals surface area contributed by atoms with Crippen molar-refractivity contribution in [3.8, 4) is 0 Å². The predicted octanol–water partition coefficient (Wildman–Crippen LogP) is 2.24. The van der Waals surface area contributed by atoms with Crippen LogP contribution in [-0.2, 0) is 16.6 Å². The first-order chi connectivity index (χ1) is 7.65. The number of hydrogen-bond acceptors (Lipinski definition) is 4. The van der Waals surface area contributed by atoms with Crippen LogP contribution in [-0.4, -0.2) is 27.4 Å². The Morgan fingerprint density at radius 2 is 2.44 bits per heavy atom. The SMILES string of the molecule is CCCCOC(=O)[C@H](C)Sc1nccn1C. The zero-order chi connectivity index (χ0) is 12.0. The molecule has 0 saturated carbocycles. The van der Waals surface area contributed by atoms with E-state index >= 15 is 0 Å². The number of rotatable bonds is 6. The minimum atomic E-state index is -0.210. The Bertz CT molecular complexity index is 338. The number of carbonyl (C=O) groups is 1. The largest absolute Gasteiger partial charge is 0.465 e. The molecule has 1 aromatic rings. The average Bonchev–Trinajstić information content (AvgIpc) is 2.64. The van der Waals surface area contributed by atoms with Gasteiger partial charge in [0, 0.05) is 19.4 Å². The number of imidazole rings is 1. The molecular weight excluding hydrogens is 224 g/mol. The Morgan fingerprint density at radius 1 is 1.69 bits per heavy atom. The van der Waals surface area contributed by atoms with Gasteiger partial charge in [-0.2, -0.15) is 0 Å². The molecule has 0 spiro atoms.